The number of carbonyl (C=O) groups excluding carboxylic acids is 1. The molecule has 0 unspecified atom stereocenters. The fourth-order valence-electron chi connectivity index (χ4n) is 2.16. The van der Waals surface area contributed by atoms with Crippen LogP contribution in [0.4, 0.5) is 0 Å². The van der Waals surface area contributed by atoms with E-state index in [4.69, 9.17) is 23.2 Å². The van der Waals surface area contributed by atoms with Gasteiger partial charge in [-0.3, -0.25) is 13.9 Å². The Morgan fingerprint density at radius 2 is 0.844 bits per heavy atom. The van der Waals surface area contributed by atoms with Crippen LogP contribution in [0.15, 0.2) is 0 Å². The van der Waals surface area contributed by atoms with E-state index in [0.29, 0.717) is 0 Å². The van der Waals surface area contributed by atoms with Crippen LogP contribution in [0.5, 0.6) is 0 Å². The zero-order chi connectivity index (χ0) is 26.4. The molecule has 10 nitrogen and oxygen atoms in total. The van der Waals surface area contributed by atoms with Crippen molar-refractivity contribution in [3.05, 3.63) is 0 Å². The lowest BCUT2D eigenvalue weighted by Gasteiger charge is -2.32. The van der Waals surface area contributed by atoms with Crippen molar-refractivity contribution in [3.8, 4) is 0 Å². The smallest absolute Gasteiger partial charge is 0.342 e. The van der Waals surface area contributed by atoms with Crippen LogP contribution in [-0.4, -0.2) is 51.8 Å². The molecule has 0 aliphatic rings. The van der Waals surface area contributed by atoms with Crippen molar-refractivity contribution in [3.63, 3.8) is 0 Å². The van der Waals surface area contributed by atoms with Gasteiger partial charge in [-0.1, -0.05) is 0 Å². The minimum Gasteiger partial charge on any atom is -0.549 e. The summed E-state index contributed by atoms with van der Waals surface area (Å²) in [4.78, 5) is 21.2. The first-order chi connectivity index (χ1) is 13.7. The summed E-state index contributed by atoms with van der Waals surface area (Å²) in [5.41, 5.74) is -2.90. The lowest BCUT2D eigenvalue weighted by molar-refractivity contribution is -0.301. The van der Waals surface area contributed by atoms with Crippen LogP contribution in [0.25, 0.3) is 0 Å². The molecule has 0 aromatic rings. The van der Waals surface area contributed by atoms with E-state index in [0.717, 1.165) is 0 Å². The van der Waals surface area contributed by atoms with Gasteiger partial charge in [0.1, 0.15) is 6.16 Å². The van der Waals surface area contributed by atoms with Gasteiger partial charge in [0, 0.05) is 0 Å². The topological polar surface area (TPSA) is 148 Å². The third kappa shape index (κ3) is 21.1. The zero-order valence-corrected chi connectivity index (χ0v) is 23.2. The van der Waals surface area contributed by atoms with E-state index < -0.39 is 61.9 Å². The second kappa shape index (κ2) is 11.6. The second-order valence-corrected chi connectivity index (χ2v) is 14.9. The van der Waals surface area contributed by atoms with Crippen molar-refractivity contribution in [1.82, 2.24) is 0 Å². The molecule has 12 heteroatoms. The summed E-state index contributed by atoms with van der Waals surface area (Å²) < 4.78 is 45.4. The van der Waals surface area contributed by atoms with Crippen LogP contribution in [0, 0.1) is 0 Å². The van der Waals surface area contributed by atoms with Gasteiger partial charge in [0.25, 0.3) is 0 Å². The predicted octanol–water partition coefficient (Wildman–Crippen LogP) is 4.45. The Bertz CT molecular complexity index is 617. The number of hydrogen-bond acceptors (Lipinski definition) is 9. The molecule has 1 N–H and O–H groups in total. The number of carboxylic acid groups (broad SMARTS) is 2. The normalized spacial score (nSPS) is 13.9. The van der Waals surface area contributed by atoms with Crippen LogP contribution >= 0.6 is 15.2 Å². The molecule has 0 atom stereocenters. The first-order valence-corrected chi connectivity index (χ1v) is 13.5. The molecule has 192 valence electrons. The summed E-state index contributed by atoms with van der Waals surface area (Å²) in [5, 5.41) is 19.3. The van der Waals surface area contributed by atoms with Crippen molar-refractivity contribution in [2.45, 2.75) is 105 Å². The van der Waals surface area contributed by atoms with E-state index in [-0.39, 0.29) is 0 Å². The van der Waals surface area contributed by atoms with Crippen molar-refractivity contribution in [2.24, 2.45) is 0 Å². The Balaban J connectivity index is 0. The highest BCUT2D eigenvalue weighted by Crippen LogP contribution is 2.54. The number of aliphatic carboxylic acids is 2. The molecule has 0 aliphatic heterocycles. The van der Waals surface area contributed by atoms with Crippen LogP contribution in [0.2, 0.25) is 0 Å². The van der Waals surface area contributed by atoms with Gasteiger partial charge in [0.05, 0.1) is 34.5 Å². The Hall–Kier alpha value is -0.760. The van der Waals surface area contributed by atoms with Gasteiger partial charge < -0.3 is 33.1 Å². The number of carboxylic acids is 2. The number of hydrogen-bond donors (Lipinski definition) is 1. The van der Waals surface area contributed by atoms with Gasteiger partial charge in [0.15, 0.2) is 0 Å². The quantitative estimate of drug-likeness (QED) is 0.471. The van der Waals surface area contributed by atoms with Gasteiger partial charge in [-0.2, -0.15) is 0 Å². The van der Waals surface area contributed by atoms with Gasteiger partial charge in [-0.25, -0.2) is 0 Å². The molecule has 32 heavy (non-hydrogen) atoms. The predicted molar refractivity (Wildman–Crippen MR) is 121 cm³/mol. The SMILES string of the molecule is CC(C)(C)OP(=O)(CC(=O)O)OC(C)(C)C.CC(C)(C)OP(=O)(CC(=O)[O-])OC(C)(C)C. The monoisotopic (exact) mass is 503 g/mol. The highest BCUT2D eigenvalue weighted by Gasteiger charge is 2.37. The summed E-state index contributed by atoms with van der Waals surface area (Å²) in [6.07, 6.45) is -1.36. The molecule has 0 amide bonds. The summed E-state index contributed by atoms with van der Waals surface area (Å²) in [5.74, 6) is -2.64. The van der Waals surface area contributed by atoms with E-state index in [1.807, 2.05) is 0 Å². The van der Waals surface area contributed by atoms with Gasteiger partial charge in [-0.05, 0) is 83.1 Å². The maximum atomic E-state index is 12.2. The minimum absolute atomic E-state index is 0.623. The molecule has 0 saturated heterocycles. The maximum absolute atomic E-state index is 12.2. The molecule has 0 radical (unpaired) electrons. The zero-order valence-electron chi connectivity index (χ0n) is 21.4. The largest absolute Gasteiger partial charge is 0.549 e. The number of rotatable bonds is 8. The molecule has 0 rings (SSSR count). The Kier molecular flexibility index (Phi) is 12.1. The maximum Gasteiger partial charge on any atom is 0.342 e. The van der Waals surface area contributed by atoms with Crippen molar-refractivity contribution >= 4 is 27.1 Å². The van der Waals surface area contributed by atoms with Crippen LogP contribution in [0.1, 0.15) is 83.1 Å². The molecule has 0 heterocycles. The molecular formula is C20H41O10P2-. The molecule has 0 fully saturated rings. The fraction of sp³-hybridized carbons (Fsp3) is 0.900. The molecule has 0 aliphatic carbocycles. The third-order valence-electron chi connectivity index (χ3n) is 2.30. The van der Waals surface area contributed by atoms with E-state index in [1.54, 1.807) is 83.1 Å². The summed E-state index contributed by atoms with van der Waals surface area (Å²) in [7, 11) is -7.30. The third-order valence-corrected chi connectivity index (χ3v) is 6.91. The van der Waals surface area contributed by atoms with E-state index in [2.05, 4.69) is 0 Å². The minimum atomic E-state index is -3.68. The highest BCUT2D eigenvalue weighted by molar-refractivity contribution is 7.55. The summed E-state index contributed by atoms with van der Waals surface area (Å²) >= 11 is 0. The first kappa shape index (κ1) is 33.4. The van der Waals surface area contributed by atoms with Crippen LogP contribution in [-0.2, 0) is 36.8 Å². The van der Waals surface area contributed by atoms with Gasteiger partial charge >= 0.3 is 21.2 Å². The molecular weight excluding hydrogens is 462 g/mol. The highest BCUT2D eigenvalue weighted by atomic mass is 31.2. The van der Waals surface area contributed by atoms with Gasteiger partial charge in [-0.15, -0.1) is 0 Å². The standard InChI is InChI=1S/2C10H21O5P/c2*1-9(2,3)14-16(13,7-8(11)12)15-10(4,5)6/h2*7H2,1-6H3,(H,11,12)/p-1. The molecule has 0 aromatic heterocycles. The van der Waals surface area contributed by atoms with E-state index in [9.17, 15) is 23.8 Å². The molecule has 0 bridgehead atoms. The molecule has 0 aromatic carbocycles. The van der Waals surface area contributed by atoms with Gasteiger partial charge in [0.2, 0.25) is 0 Å². The molecule has 0 spiro atoms. The van der Waals surface area contributed by atoms with Crippen molar-refractivity contribution in [1.29, 1.82) is 0 Å². The first-order valence-electron chi connectivity index (χ1n) is 10.1. The Labute approximate surface area is 192 Å². The lowest BCUT2D eigenvalue weighted by atomic mass is 10.2. The van der Waals surface area contributed by atoms with Crippen LogP contribution < -0.4 is 5.11 Å². The van der Waals surface area contributed by atoms with Crippen molar-refractivity contribution in [2.75, 3.05) is 12.3 Å². The van der Waals surface area contributed by atoms with E-state index in [1.165, 1.54) is 0 Å². The second-order valence-electron chi connectivity index (χ2n) is 11.1. The molecule has 0 saturated carbocycles. The summed E-state index contributed by atoms with van der Waals surface area (Å²) in [6.45, 7) is 20.3. The van der Waals surface area contributed by atoms with E-state index >= 15 is 0 Å². The lowest BCUT2D eigenvalue weighted by Crippen LogP contribution is -2.31. The van der Waals surface area contributed by atoms with Crippen LogP contribution in [0.3, 0.4) is 0 Å². The van der Waals surface area contributed by atoms with Crippen molar-refractivity contribution < 1.29 is 47.0 Å². The Morgan fingerprint density at radius 3 is 1.00 bits per heavy atom. The average molecular weight is 503 g/mol. The number of carbonyl (C=O) groups is 2. The fourth-order valence-corrected chi connectivity index (χ4v) is 6.48. The summed E-state index contributed by atoms with van der Waals surface area (Å²) in [6, 6.07) is 0. The Morgan fingerprint density at radius 1 is 0.625 bits per heavy atom. The average Bonchev–Trinajstić information content (AvgIpc) is 2.23.